The van der Waals surface area contributed by atoms with E-state index in [1.165, 1.54) is 42.7 Å². The summed E-state index contributed by atoms with van der Waals surface area (Å²) in [4.78, 5) is 122. The molecule has 25 heteroatoms. The summed E-state index contributed by atoms with van der Waals surface area (Å²) in [6.07, 6.45) is 0.864. The van der Waals surface area contributed by atoms with Gasteiger partial charge in [0.2, 0.25) is 18.1 Å². The standard InChI is InChI=1S/C63H73FN6O18/c1-7-63(80)45-24-49-56-43(27-70(49)59(77)44(45)29-84-61(63)78)55-47(17-16-41-35(4)46(64)25-48(69-56)54(41)55)68-53(75)31-81-22-19-39(73)26-67-62(79)85-28-38-15-18-50(87-60-57(86-37(6)72)34(3)33(2)51(88-60)30-82-36(5)71)42(23-38)58(76)66-21-20-65-52(74)32-83-40-13-11-9-8-10-12-14-40/h15,18,23-25,33-34,40,47,51,57,60,80H,7-11,13,16-17,19-22,26-32H2,1-6H3,(H,65,74)(H,66,76)(H,67,79)(H,68,75)/t33-,34-,40?,47-,51+,57+,60+,63-/m0/s1. The van der Waals surface area contributed by atoms with Crippen LogP contribution in [0.2, 0.25) is 0 Å². The van der Waals surface area contributed by atoms with Gasteiger partial charge in [-0.3, -0.25) is 33.6 Å². The molecule has 0 saturated carbocycles. The van der Waals surface area contributed by atoms with Crippen molar-refractivity contribution in [1.29, 1.82) is 0 Å². The van der Waals surface area contributed by atoms with Gasteiger partial charge in [0.05, 0.1) is 59.9 Å². The van der Waals surface area contributed by atoms with Crippen LogP contribution in [0, 0.1) is 36.4 Å². The Bertz CT molecular complexity index is 3540. The topological polar surface area (TPSA) is 314 Å². The number of halogens is 1. The summed E-state index contributed by atoms with van der Waals surface area (Å²) in [6.45, 7) is 7.43. The van der Waals surface area contributed by atoms with E-state index in [0.29, 0.717) is 57.4 Å². The van der Waals surface area contributed by atoms with Crippen LogP contribution in [0.15, 0.2) is 35.1 Å². The molecule has 2 aromatic carbocycles. The predicted octanol–water partition coefficient (Wildman–Crippen LogP) is 4.60. The molecule has 2 aliphatic carbocycles. The number of nitrogens with zero attached hydrogens (tertiary/aromatic N) is 2. The fourth-order valence-electron chi connectivity index (χ4n) is 11.7. The van der Waals surface area contributed by atoms with E-state index in [-0.39, 0.29) is 106 Å². The van der Waals surface area contributed by atoms with E-state index in [9.17, 15) is 48.3 Å². The Hall–Kier alpha value is -8.31. The molecule has 5 N–H and O–H groups in total. The minimum absolute atomic E-state index is 0.0108. The van der Waals surface area contributed by atoms with Crippen LogP contribution in [0.3, 0.4) is 0 Å². The number of amides is 4. The highest BCUT2D eigenvalue weighted by molar-refractivity contribution is 5.97. The maximum absolute atomic E-state index is 15.4. The summed E-state index contributed by atoms with van der Waals surface area (Å²) in [5.74, 6) is 1.00. The van der Waals surface area contributed by atoms with Crippen LogP contribution in [-0.4, -0.2) is 133 Å². The Morgan fingerprint density at radius 3 is 2.48 bits per heavy atom. The number of carbonyl (C=O) groups excluding carboxylic acids is 8. The molecule has 470 valence electrons. The van der Waals surface area contributed by atoms with Gasteiger partial charge < -0.3 is 68.8 Å². The number of hydrogen-bond donors (Lipinski definition) is 5. The zero-order valence-corrected chi connectivity index (χ0v) is 50.0. The first-order chi connectivity index (χ1) is 42.1. The number of ether oxygens (including phenoxy) is 8. The Labute approximate surface area is 506 Å². The normalized spacial score (nSPS) is 22.4. The zero-order valence-electron chi connectivity index (χ0n) is 50.0. The number of ketones is 1. The molecular weight excluding hydrogens is 1150 g/mol. The summed E-state index contributed by atoms with van der Waals surface area (Å²) in [7, 11) is 0. The van der Waals surface area contributed by atoms with Crippen LogP contribution in [0.25, 0.3) is 22.3 Å². The van der Waals surface area contributed by atoms with Crippen molar-refractivity contribution in [3.63, 3.8) is 0 Å². The third-order valence-corrected chi connectivity index (χ3v) is 16.7. The third-order valence-electron chi connectivity index (χ3n) is 16.7. The summed E-state index contributed by atoms with van der Waals surface area (Å²) >= 11 is 0. The molecule has 0 spiro atoms. The minimum atomic E-state index is -2.06. The van der Waals surface area contributed by atoms with Gasteiger partial charge in [0, 0.05) is 68.3 Å². The monoisotopic (exact) mass is 1220 g/mol. The van der Waals surface area contributed by atoms with Gasteiger partial charge in [-0.25, -0.2) is 19.0 Å². The van der Waals surface area contributed by atoms with Crippen molar-refractivity contribution >= 4 is 58.4 Å². The molecule has 1 fully saturated rings. The molecular formula is C63H73FN6O18. The second-order valence-corrected chi connectivity index (χ2v) is 22.7. The van der Waals surface area contributed by atoms with Crippen LogP contribution in [0.1, 0.15) is 141 Å². The lowest BCUT2D eigenvalue weighted by molar-refractivity contribution is -0.253. The number of esters is 3. The number of rotatable bonds is 23. The SMILES string of the molecule is CC[C@@]1(O)C(=O)OCc2c1cc1n(c2=O)Cc2c-1nc1cc(F)c(C)c3c1c2[C@@H](NC(=O)COCCC(=O)CNC(=O)OCc1ccc(O[C@@H]2O[C@H](COC(C)=O)[C@@H](C)[C@H](C)[C@H]2OC(C)=O)c(C(=O)NCCNC(=O)COC2C#CCCCCC2)c1)CC3. The fraction of sp³-hybridized carbons (Fsp3) is 0.524. The Balaban J connectivity index is 0.792. The number of nitrogens with one attached hydrogen (secondary N) is 4. The van der Waals surface area contributed by atoms with Gasteiger partial charge in [-0.15, -0.1) is 5.92 Å². The molecule has 0 bridgehead atoms. The lowest BCUT2D eigenvalue weighted by Crippen LogP contribution is -2.54. The lowest BCUT2D eigenvalue weighted by atomic mass is 9.81. The number of pyridine rings is 2. The van der Waals surface area contributed by atoms with Crippen LogP contribution in [0.5, 0.6) is 5.75 Å². The first kappa shape index (κ1) is 64.2. The number of aryl methyl sites for hydroxylation is 1. The van der Waals surface area contributed by atoms with Crippen molar-refractivity contribution < 1.29 is 85.7 Å². The molecule has 4 aromatic rings. The first-order valence-electron chi connectivity index (χ1n) is 29.7. The van der Waals surface area contributed by atoms with E-state index >= 15 is 4.39 Å². The fourth-order valence-corrected chi connectivity index (χ4v) is 11.7. The van der Waals surface area contributed by atoms with Gasteiger partial charge in [-0.1, -0.05) is 39.2 Å². The van der Waals surface area contributed by atoms with Crippen molar-refractivity contribution in [2.75, 3.05) is 46.1 Å². The average molecular weight is 1220 g/mol. The van der Waals surface area contributed by atoms with Gasteiger partial charge in [0.1, 0.15) is 50.7 Å². The number of aromatic nitrogens is 2. The Morgan fingerprint density at radius 2 is 1.70 bits per heavy atom. The second-order valence-electron chi connectivity index (χ2n) is 22.7. The first-order valence-corrected chi connectivity index (χ1v) is 29.7. The smallest absolute Gasteiger partial charge is 0.407 e. The van der Waals surface area contributed by atoms with Gasteiger partial charge in [0.25, 0.3) is 11.5 Å². The number of benzene rings is 2. The molecule has 1 saturated heterocycles. The molecule has 3 aliphatic heterocycles. The molecule has 24 nitrogen and oxygen atoms in total. The highest BCUT2D eigenvalue weighted by Gasteiger charge is 2.47. The number of cyclic esters (lactones) is 1. The van der Waals surface area contributed by atoms with Crippen molar-refractivity contribution in [3.05, 3.63) is 91.0 Å². The molecule has 9 rings (SSSR count). The molecule has 1 unspecified atom stereocenters. The number of hydrogen-bond acceptors (Lipinski definition) is 19. The maximum Gasteiger partial charge on any atom is 0.407 e. The highest BCUT2D eigenvalue weighted by atomic mass is 19.1. The largest absolute Gasteiger partial charge is 0.463 e. The maximum atomic E-state index is 15.4. The molecule has 4 amide bonds. The van der Waals surface area contributed by atoms with E-state index in [1.54, 1.807) is 19.9 Å². The predicted molar refractivity (Wildman–Crippen MR) is 309 cm³/mol. The molecule has 8 atom stereocenters. The van der Waals surface area contributed by atoms with Crippen LogP contribution in [0.4, 0.5) is 9.18 Å². The van der Waals surface area contributed by atoms with Crippen LogP contribution in [-0.2, 0) is 93.7 Å². The van der Waals surface area contributed by atoms with E-state index in [4.69, 9.17) is 42.9 Å². The number of aliphatic hydroxyl groups is 1. The summed E-state index contributed by atoms with van der Waals surface area (Å²) in [6, 6.07) is 6.63. The number of alkyl carbamates (subject to hydrolysis) is 1. The number of fused-ring (bicyclic) bond motifs is 5. The average Bonchev–Trinajstić information content (AvgIpc) is 1.47. The van der Waals surface area contributed by atoms with E-state index in [2.05, 4.69) is 33.1 Å². The van der Waals surface area contributed by atoms with Crippen molar-refractivity contribution in [3.8, 4) is 29.0 Å². The zero-order chi connectivity index (χ0) is 63.0. The quantitative estimate of drug-likeness (QED) is 0.0258. The Kier molecular flexibility index (Phi) is 20.6. The third kappa shape index (κ3) is 14.5. The minimum Gasteiger partial charge on any atom is -0.463 e. The van der Waals surface area contributed by atoms with Gasteiger partial charge in [0.15, 0.2) is 17.5 Å². The summed E-state index contributed by atoms with van der Waals surface area (Å²) in [5.41, 5.74) is 1.46. The van der Waals surface area contributed by atoms with Crippen molar-refractivity contribution in [2.24, 2.45) is 11.8 Å². The highest BCUT2D eigenvalue weighted by Crippen LogP contribution is 2.46. The van der Waals surface area contributed by atoms with Crippen molar-refractivity contribution in [1.82, 2.24) is 30.8 Å². The van der Waals surface area contributed by atoms with Crippen molar-refractivity contribution in [2.45, 2.75) is 155 Å². The molecule has 88 heavy (non-hydrogen) atoms. The molecule has 5 aliphatic rings. The van der Waals surface area contributed by atoms with Gasteiger partial charge >= 0.3 is 24.0 Å². The van der Waals surface area contributed by atoms with E-state index in [0.717, 1.165) is 37.7 Å². The van der Waals surface area contributed by atoms with Crippen LogP contribution >= 0.6 is 0 Å². The summed E-state index contributed by atoms with van der Waals surface area (Å²) < 4.78 is 62.3. The number of Topliss-reactive ketones (excluding diaryl/α,β-unsaturated/α-hetero) is 1. The van der Waals surface area contributed by atoms with Gasteiger partial charge in [-0.2, -0.15) is 0 Å². The molecule has 0 radical (unpaired) electrons. The van der Waals surface area contributed by atoms with E-state index in [1.807, 2.05) is 13.8 Å². The Morgan fingerprint density at radius 1 is 0.909 bits per heavy atom. The van der Waals surface area contributed by atoms with Gasteiger partial charge in [-0.05, 0) is 91.8 Å². The molecule has 5 heterocycles. The lowest BCUT2D eigenvalue weighted by Gasteiger charge is -2.43. The summed E-state index contributed by atoms with van der Waals surface area (Å²) in [5, 5.41) is 22.9. The van der Waals surface area contributed by atoms with E-state index < -0.39 is 102 Å². The number of carbonyl (C=O) groups is 8. The van der Waals surface area contributed by atoms with Crippen LogP contribution < -0.4 is 31.6 Å². The second kappa shape index (κ2) is 28.2. The molecule has 2 aromatic heterocycles.